The highest BCUT2D eigenvalue weighted by Crippen LogP contribution is 2.24. The molecule has 0 spiro atoms. The van der Waals surface area contributed by atoms with Crippen molar-refractivity contribution < 1.29 is 27.1 Å². The molecule has 0 aliphatic carbocycles. The average Bonchev–Trinajstić information content (AvgIpc) is 2.55. The molecule has 1 fully saturated rings. The molecule has 134 valence electrons. The molecule has 0 N–H and O–H groups in total. The first-order valence-electron chi connectivity index (χ1n) is 7.18. The molecule has 0 saturated carbocycles. The molecule has 1 amide bonds. The molecule has 1 aromatic rings. The highest BCUT2D eigenvalue weighted by Gasteiger charge is 2.41. The van der Waals surface area contributed by atoms with Gasteiger partial charge < -0.3 is 14.5 Å². The average molecular weight is 370 g/mol. The summed E-state index contributed by atoms with van der Waals surface area (Å²) in [4.78, 5) is 19.4. The fraction of sp³-hybridized carbons (Fsp3) is 0.571. The van der Waals surface area contributed by atoms with Crippen molar-refractivity contribution in [2.75, 3.05) is 44.3 Å². The lowest BCUT2D eigenvalue weighted by Gasteiger charge is -2.35. The molecule has 24 heavy (non-hydrogen) atoms. The standard InChI is InChI=1S/C14H16ClF4N3O2/c15-10-2-1-3-20-12(10)22-6-4-21(5-7-22)11(23)8-24-9-14(18,19)13(16)17/h1-3,13H,4-9H2. The maximum atomic E-state index is 12.7. The Hall–Kier alpha value is -1.61. The van der Waals surface area contributed by atoms with Crippen LogP contribution < -0.4 is 4.90 Å². The number of anilines is 1. The van der Waals surface area contributed by atoms with Crippen molar-refractivity contribution in [2.24, 2.45) is 0 Å². The minimum Gasteiger partial charge on any atom is -0.365 e. The first kappa shape index (κ1) is 18.7. The van der Waals surface area contributed by atoms with Crippen LogP contribution in [0.15, 0.2) is 18.3 Å². The minimum atomic E-state index is -4.26. The second-order valence-corrected chi connectivity index (χ2v) is 5.64. The monoisotopic (exact) mass is 369 g/mol. The maximum absolute atomic E-state index is 12.7. The third-order valence-electron chi connectivity index (χ3n) is 3.51. The normalized spacial score (nSPS) is 15.9. The minimum absolute atomic E-state index is 0.334. The van der Waals surface area contributed by atoms with E-state index in [9.17, 15) is 22.4 Å². The Labute approximate surface area is 141 Å². The zero-order valence-corrected chi connectivity index (χ0v) is 13.4. The highest BCUT2D eigenvalue weighted by molar-refractivity contribution is 6.32. The van der Waals surface area contributed by atoms with Gasteiger partial charge in [-0.15, -0.1) is 0 Å². The van der Waals surface area contributed by atoms with Crippen LogP contribution in [0.3, 0.4) is 0 Å². The van der Waals surface area contributed by atoms with E-state index in [1.807, 2.05) is 4.90 Å². The highest BCUT2D eigenvalue weighted by atomic mass is 35.5. The van der Waals surface area contributed by atoms with Gasteiger partial charge in [-0.3, -0.25) is 4.79 Å². The Morgan fingerprint density at radius 2 is 2.00 bits per heavy atom. The Bertz CT molecular complexity index is 569. The van der Waals surface area contributed by atoms with Crippen molar-refractivity contribution in [2.45, 2.75) is 12.3 Å². The molecule has 1 aromatic heterocycles. The number of amides is 1. The lowest BCUT2D eigenvalue weighted by molar-refractivity contribution is -0.171. The number of aromatic nitrogens is 1. The summed E-state index contributed by atoms with van der Waals surface area (Å²) in [5, 5.41) is 0.495. The number of nitrogens with zero attached hydrogens (tertiary/aromatic N) is 3. The molecule has 1 aliphatic heterocycles. The van der Waals surface area contributed by atoms with Crippen molar-refractivity contribution in [3.05, 3.63) is 23.4 Å². The van der Waals surface area contributed by atoms with Gasteiger partial charge in [0.15, 0.2) is 0 Å². The number of alkyl halides is 4. The topological polar surface area (TPSA) is 45.7 Å². The van der Waals surface area contributed by atoms with E-state index < -0.39 is 31.5 Å². The third-order valence-corrected chi connectivity index (χ3v) is 3.81. The zero-order valence-electron chi connectivity index (χ0n) is 12.6. The van der Waals surface area contributed by atoms with Crippen LogP contribution in [0.25, 0.3) is 0 Å². The van der Waals surface area contributed by atoms with Gasteiger partial charge in [0.25, 0.3) is 0 Å². The smallest absolute Gasteiger partial charge is 0.330 e. The van der Waals surface area contributed by atoms with Gasteiger partial charge in [-0.2, -0.15) is 8.78 Å². The molecule has 0 radical (unpaired) electrons. The molecule has 0 bridgehead atoms. The second-order valence-electron chi connectivity index (χ2n) is 5.23. The number of carbonyl (C=O) groups is 1. The number of carbonyl (C=O) groups excluding carboxylic acids is 1. The van der Waals surface area contributed by atoms with E-state index in [-0.39, 0.29) is 0 Å². The number of halogens is 5. The van der Waals surface area contributed by atoms with E-state index in [1.54, 1.807) is 18.3 Å². The largest absolute Gasteiger partial charge is 0.365 e. The molecular weight excluding hydrogens is 354 g/mol. The van der Waals surface area contributed by atoms with Gasteiger partial charge in [0.2, 0.25) is 5.91 Å². The molecule has 0 unspecified atom stereocenters. The van der Waals surface area contributed by atoms with Gasteiger partial charge in [0.1, 0.15) is 19.0 Å². The molecular formula is C14H16ClF4N3O2. The summed E-state index contributed by atoms with van der Waals surface area (Å²) in [5.74, 6) is -4.17. The zero-order chi connectivity index (χ0) is 17.7. The summed E-state index contributed by atoms with van der Waals surface area (Å²) in [5.41, 5.74) is 0. The van der Waals surface area contributed by atoms with Crippen molar-refractivity contribution >= 4 is 23.3 Å². The number of ether oxygens (including phenoxy) is 1. The van der Waals surface area contributed by atoms with Gasteiger partial charge >= 0.3 is 12.3 Å². The number of rotatable bonds is 6. The van der Waals surface area contributed by atoms with Crippen molar-refractivity contribution in [1.29, 1.82) is 0 Å². The molecule has 2 rings (SSSR count). The van der Waals surface area contributed by atoms with Crippen LogP contribution in [0.4, 0.5) is 23.4 Å². The third kappa shape index (κ3) is 4.70. The summed E-state index contributed by atoms with van der Waals surface area (Å²) >= 11 is 6.06. The molecule has 2 heterocycles. The lowest BCUT2D eigenvalue weighted by Crippen LogP contribution is -2.50. The number of hydrogen-bond donors (Lipinski definition) is 0. The van der Waals surface area contributed by atoms with E-state index in [2.05, 4.69) is 9.72 Å². The number of hydrogen-bond acceptors (Lipinski definition) is 4. The Kier molecular flexibility index (Phi) is 6.22. The van der Waals surface area contributed by atoms with E-state index in [1.165, 1.54) is 4.90 Å². The van der Waals surface area contributed by atoms with Crippen molar-refractivity contribution in [3.63, 3.8) is 0 Å². The summed E-state index contributed by atoms with van der Waals surface area (Å²) in [7, 11) is 0. The molecule has 0 atom stereocenters. The molecule has 10 heteroatoms. The Morgan fingerprint density at radius 3 is 2.58 bits per heavy atom. The fourth-order valence-electron chi connectivity index (χ4n) is 2.21. The summed E-state index contributed by atoms with van der Waals surface area (Å²) in [6.07, 6.45) is -2.21. The van der Waals surface area contributed by atoms with Crippen LogP contribution in [-0.2, 0) is 9.53 Å². The summed E-state index contributed by atoms with van der Waals surface area (Å²) < 4.78 is 53.8. The summed E-state index contributed by atoms with van der Waals surface area (Å²) in [6.45, 7) is -0.543. The first-order chi connectivity index (χ1) is 11.3. The van der Waals surface area contributed by atoms with Crippen LogP contribution in [0, 0.1) is 0 Å². The lowest BCUT2D eigenvalue weighted by atomic mass is 10.3. The van der Waals surface area contributed by atoms with Crippen LogP contribution in [0.2, 0.25) is 5.02 Å². The molecule has 1 aliphatic rings. The van der Waals surface area contributed by atoms with Gasteiger partial charge in [-0.25, -0.2) is 13.8 Å². The van der Waals surface area contributed by atoms with E-state index >= 15 is 0 Å². The number of piperazine rings is 1. The van der Waals surface area contributed by atoms with Crippen LogP contribution in [-0.4, -0.2) is 67.5 Å². The van der Waals surface area contributed by atoms with Gasteiger partial charge in [-0.1, -0.05) is 11.6 Å². The first-order valence-corrected chi connectivity index (χ1v) is 7.56. The summed E-state index contributed by atoms with van der Waals surface area (Å²) in [6, 6.07) is 3.41. The van der Waals surface area contributed by atoms with E-state index in [0.29, 0.717) is 37.0 Å². The SMILES string of the molecule is O=C(COCC(F)(F)C(F)F)N1CCN(c2ncccc2Cl)CC1. The van der Waals surface area contributed by atoms with E-state index in [4.69, 9.17) is 11.6 Å². The maximum Gasteiger partial charge on any atom is 0.330 e. The van der Waals surface area contributed by atoms with Crippen LogP contribution in [0.5, 0.6) is 0 Å². The Morgan fingerprint density at radius 1 is 1.33 bits per heavy atom. The van der Waals surface area contributed by atoms with Crippen molar-refractivity contribution in [1.82, 2.24) is 9.88 Å². The quantitative estimate of drug-likeness (QED) is 0.722. The molecule has 5 nitrogen and oxygen atoms in total. The fourth-order valence-corrected chi connectivity index (χ4v) is 2.45. The van der Waals surface area contributed by atoms with Crippen LogP contribution in [0.1, 0.15) is 0 Å². The predicted octanol–water partition coefficient (Wildman–Crippen LogP) is 2.30. The van der Waals surface area contributed by atoms with Crippen LogP contribution >= 0.6 is 11.6 Å². The van der Waals surface area contributed by atoms with Gasteiger partial charge in [0.05, 0.1) is 5.02 Å². The second kappa shape index (κ2) is 7.98. The molecule has 0 aromatic carbocycles. The predicted molar refractivity (Wildman–Crippen MR) is 79.8 cm³/mol. The van der Waals surface area contributed by atoms with Crippen molar-refractivity contribution in [3.8, 4) is 0 Å². The number of pyridine rings is 1. The van der Waals surface area contributed by atoms with E-state index in [0.717, 1.165) is 0 Å². The molecule has 1 saturated heterocycles. The van der Waals surface area contributed by atoms with Gasteiger partial charge in [0, 0.05) is 32.4 Å². The Balaban J connectivity index is 1.78. The van der Waals surface area contributed by atoms with Gasteiger partial charge in [-0.05, 0) is 12.1 Å².